The van der Waals surface area contributed by atoms with Crippen LogP contribution in [0, 0.1) is 12.7 Å². The number of hydrogen-bond donors (Lipinski definition) is 1. The molecule has 8 heteroatoms. The summed E-state index contributed by atoms with van der Waals surface area (Å²) in [6.45, 7) is 3.66. The molecular weight excluding hydrogens is 451 g/mol. The molecule has 0 radical (unpaired) electrons. The van der Waals surface area contributed by atoms with Gasteiger partial charge in [0.15, 0.2) is 0 Å². The second kappa shape index (κ2) is 9.89. The molecule has 0 bridgehead atoms. The van der Waals surface area contributed by atoms with E-state index in [0.717, 1.165) is 0 Å². The van der Waals surface area contributed by atoms with Crippen LogP contribution in [0.15, 0.2) is 72.6 Å². The maximum atomic E-state index is 13.8. The van der Waals surface area contributed by atoms with E-state index < -0.39 is 35.3 Å². The molecule has 1 atom stereocenters. The van der Waals surface area contributed by atoms with E-state index in [-0.39, 0.29) is 34.6 Å². The fourth-order valence-corrected chi connectivity index (χ4v) is 3.96. The van der Waals surface area contributed by atoms with Gasteiger partial charge in [-0.2, -0.15) is 0 Å². The number of nitrogens with zero attached hydrogens (tertiary/aromatic N) is 2. The maximum absolute atomic E-state index is 13.8. The van der Waals surface area contributed by atoms with E-state index in [4.69, 9.17) is 4.74 Å². The van der Waals surface area contributed by atoms with E-state index in [9.17, 15) is 23.9 Å². The van der Waals surface area contributed by atoms with Crippen LogP contribution < -0.4 is 4.90 Å². The summed E-state index contributed by atoms with van der Waals surface area (Å²) in [4.78, 5) is 44.2. The number of benzene rings is 2. The van der Waals surface area contributed by atoms with Crippen molar-refractivity contribution in [2.45, 2.75) is 26.3 Å². The minimum atomic E-state index is -1.02. The standard InChI is InChI=1S/C27H23FN2O5/c1-3-12-35-27(34)18-6-4-8-20(14-18)30-23(19-7-5-11-29-15-19)22(25(32)26(30)33)24(31)17-9-10-21(28)16(2)13-17/h4-11,13-15,23,31H,3,12H2,1-2H3/b24-22+. The van der Waals surface area contributed by atoms with Crippen LogP contribution in [0.25, 0.3) is 5.76 Å². The molecule has 4 rings (SSSR count). The van der Waals surface area contributed by atoms with Gasteiger partial charge in [0.05, 0.1) is 23.8 Å². The van der Waals surface area contributed by atoms with Crippen molar-refractivity contribution < 1.29 is 28.6 Å². The Balaban J connectivity index is 1.87. The highest BCUT2D eigenvalue weighted by Crippen LogP contribution is 2.42. The highest BCUT2D eigenvalue weighted by Gasteiger charge is 2.47. The number of carbonyl (C=O) groups is 3. The van der Waals surface area contributed by atoms with Crippen LogP contribution in [0.4, 0.5) is 10.1 Å². The molecule has 1 saturated heterocycles. The van der Waals surface area contributed by atoms with Crippen LogP contribution in [0.3, 0.4) is 0 Å². The van der Waals surface area contributed by atoms with E-state index in [0.29, 0.717) is 12.0 Å². The van der Waals surface area contributed by atoms with Crippen LogP contribution in [-0.2, 0) is 14.3 Å². The van der Waals surface area contributed by atoms with Gasteiger partial charge in [0.2, 0.25) is 0 Å². The van der Waals surface area contributed by atoms with Crippen LogP contribution >= 0.6 is 0 Å². The Kier molecular flexibility index (Phi) is 6.73. The SMILES string of the molecule is CCCOC(=O)c1cccc(N2C(=O)C(=O)/C(=C(/O)c3ccc(F)c(C)c3)C2c2cccnc2)c1. The van der Waals surface area contributed by atoms with Crippen LogP contribution in [0.2, 0.25) is 0 Å². The number of ether oxygens (including phenoxy) is 1. The quantitative estimate of drug-likeness (QED) is 0.240. The number of carbonyl (C=O) groups excluding carboxylic acids is 3. The van der Waals surface area contributed by atoms with Crippen molar-refractivity contribution in [2.24, 2.45) is 0 Å². The van der Waals surface area contributed by atoms with Gasteiger partial charge in [0, 0.05) is 23.6 Å². The predicted octanol–water partition coefficient (Wildman–Crippen LogP) is 4.72. The molecule has 2 heterocycles. The Morgan fingerprint density at radius 2 is 1.91 bits per heavy atom. The van der Waals surface area contributed by atoms with Crippen molar-refractivity contribution in [3.63, 3.8) is 0 Å². The number of aliphatic hydroxyl groups excluding tert-OH is 1. The lowest BCUT2D eigenvalue weighted by atomic mass is 9.95. The lowest BCUT2D eigenvalue weighted by Gasteiger charge is -2.25. The molecule has 178 valence electrons. The zero-order chi connectivity index (χ0) is 25.1. The van der Waals surface area contributed by atoms with Gasteiger partial charge >= 0.3 is 5.97 Å². The highest BCUT2D eigenvalue weighted by atomic mass is 19.1. The molecule has 1 aromatic heterocycles. The summed E-state index contributed by atoms with van der Waals surface area (Å²) in [7, 11) is 0. The minimum Gasteiger partial charge on any atom is -0.507 e. The summed E-state index contributed by atoms with van der Waals surface area (Å²) in [5, 5.41) is 11.1. The second-order valence-corrected chi connectivity index (χ2v) is 8.11. The summed E-state index contributed by atoms with van der Waals surface area (Å²) in [6.07, 6.45) is 3.69. The number of Topliss-reactive ketones (excluding diaryl/α,β-unsaturated/α-hetero) is 1. The normalized spacial score (nSPS) is 17.0. The third-order valence-electron chi connectivity index (χ3n) is 5.67. The van der Waals surface area contributed by atoms with E-state index in [1.807, 2.05) is 6.92 Å². The smallest absolute Gasteiger partial charge is 0.338 e. The number of aromatic nitrogens is 1. The Morgan fingerprint density at radius 1 is 1.11 bits per heavy atom. The molecule has 1 amide bonds. The second-order valence-electron chi connectivity index (χ2n) is 8.11. The molecular formula is C27H23FN2O5. The first kappa shape index (κ1) is 23.8. The number of aliphatic hydroxyl groups is 1. The zero-order valence-electron chi connectivity index (χ0n) is 19.2. The van der Waals surface area contributed by atoms with Gasteiger partial charge in [0.1, 0.15) is 11.6 Å². The Bertz CT molecular complexity index is 1340. The fourth-order valence-electron chi connectivity index (χ4n) is 3.96. The number of amides is 1. The Hall–Kier alpha value is -4.33. The number of aryl methyl sites for hydroxylation is 1. The van der Waals surface area contributed by atoms with Crippen molar-refractivity contribution in [2.75, 3.05) is 11.5 Å². The number of halogens is 1. The van der Waals surface area contributed by atoms with Gasteiger partial charge in [-0.05, 0) is 66.9 Å². The first-order valence-electron chi connectivity index (χ1n) is 11.1. The maximum Gasteiger partial charge on any atom is 0.338 e. The monoisotopic (exact) mass is 474 g/mol. The van der Waals surface area contributed by atoms with Crippen LogP contribution in [-0.4, -0.2) is 34.4 Å². The number of hydrogen-bond acceptors (Lipinski definition) is 6. The third kappa shape index (κ3) is 4.55. The fraction of sp³-hybridized carbons (Fsp3) is 0.185. The predicted molar refractivity (Wildman–Crippen MR) is 127 cm³/mol. The Labute approximate surface area is 201 Å². The number of esters is 1. The molecule has 3 aromatic rings. The first-order chi connectivity index (χ1) is 16.8. The number of anilines is 1. The molecule has 7 nitrogen and oxygen atoms in total. The molecule has 1 N–H and O–H groups in total. The van der Waals surface area contributed by atoms with Gasteiger partial charge in [0.25, 0.3) is 11.7 Å². The van der Waals surface area contributed by atoms with E-state index in [1.165, 1.54) is 42.3 Å². The average molecular weight is 474 g/mol. The number of ketones is 1. The van der Waals surface area contributed by atoms with Crippen LogP contribution in [0.1, 0.15) is 46.4 Å². The molecule has 0 saturated carbocycles. The molecule has 0 aliphatic carbocycles. The zero-order valence-corrected chi connectivity index (χ0v) is 19.2. The van der Waals surface area contributed by atoms with Gasteiger partial charge < -0.3 is 9.84 Å². The highest BCUT2D eigenvalue weighted by molar-refractivity contribution is 6.51. The lowest BCUT2D eigenvalue weighted by Crippen LogP contribution is -2.29. The molecule has 1 aliphatic rings. The van der Waals surface area contributed by atoms with Gasteiger partial charge in [-0.3, -0.25) is 19.5 Å². The summed E-state index contributed by atoms with van der Waals surface area (Å²) in [5.41, 5.74) is 1.30. The van der Waals surface area contributed by atoms with Crippen molar-refractivity contribution in [1.82, 2.24) is 4.98 Å². The van der Waals surface area contributed by atoms with Crippen molar-refractivity contribution >= 4 is 29.1 Å². The van der Waals surface area contributed by atoms with Gasteiger partial charge in [-0.25, -0.2) is 9.18 Å². The Morgan fingerprint density at radius 3 is 2.60 bits per heavy atom. The molecule has 35 heavy (non-hydrogen) atoms. The third-order valence-corrected chi connectivity index (χ3v) is 5.67. The molecule has 1 fully saturated rings. The van der Waals surface area contributed by atoms with E-state index >= 15 is 0 Å². The number of pyridine rings is 1. The lowest BCUT2D eigenvalue weighted by molar-refractivity contribution is -0.132. The topological polar surface area (TPSA) is 96.8 Å². The van der Waals surface area contributed by atoms with Crippen molar-refractivity contribution in [3.8, 4) is 0 Å². The van der Waals surface area contributed by atoms with Crippen molar-refractivity contribution in [3.05, 3.63) is 101 Å². The van der Waals surface area contributed by atoms with Gasteiger partial charge in [-0.1, -0.05) is 19.1 Å². The number of rotatable bonds is 6. The van der Waals surface area contributed by atoms with E-state index in [1.54, 1.807) is 36.5 Å². The summed E-state index contributed by atoms with van der Waals surface area (Å²) < 4.78 is 19.0. The molecule has 2 aromatic carbocycles. The summed E-state index contributed by atoms with van der Waals surface area (Å²) >= 11 is 0. The molecule has 1 unspecified atom stereocenters. The summed E-state index contributed by atoms with van der Waals surface area (Å²) in [5.74, 6) is -3.22. The first-order valence-corrected chi connectivity index (χ1v) is 11.1. The van der Waals surface area contributed by atoms with E-state index in [2.05, 4.69) is 4.98 Å². The van der Waals surface area contributed by atoms with Crippen LogP contribution in [0.5, 0.6) is 0 Å². The van der Waals surface area contributed by atoms with Gasteiger partial charge in [-0.15, -0.1) is 0 Å². The minimum absolute atomic E-state index is 0.159. The summed E-state index contributed by atoms with van der Waals surface area (Å²) in [6, 6.07) is 12.4. The average Bonchev–Trinajstić information content (AvgIpc) is 3.14. The molecule has 0 spiro atoms. The largest absolute Gasteiger partial charge is 0.507 e. The molecule has 1 aliphatic heterocycles. The van der Waals surface area contributed by atoms with Crippen molar-refractivity contribution in [1.29, 1.82) is 0 Å².